The summed E-state index contributed by atoms with van der Waals surface area (Å²) in [4.78, 5) is 27.1. The van der Waals surface area contributed by atoms with Crippen molar-refractivity contribution < 1.29 is 9.59 Å². The highest BCUT2D eigenvalue weighted by Crippen LogP contribution is 2.45. The Morgan fingerprint density at radius 1 is 1.12 bits per heavy atom. The number of nitrogens with zero attached hydrogens (tertiary/aromatic N) is 1. The topological polar surface area (TPSA) is 49.4 Å². The predicted molar refractivity (Wildman–Crippen MR) is 107 cm³/mol. The molecule has 1 aliphatic rings. The maximum Gasteiger partial charge on any atom is 0.285 e. The molecule has 0 aromatic heterocycles. The van der Waals surface area contributed by atoms with Gasteiger partial charge in [-0.1, -0.05) is 30.2 Å². The molecule has 0 heterocycles. The summed E-state index contributed by atoms with van der Waals surface area (Å²) < 4.78 is 0. The van der Waals surface area contributed by atoms with Gasteiger partial charge in [0, 0.05) is 29.7 Å². The minimum Gasteiger partial charge on any atom is -0.339 e. The molecule has 26 heavy (non-hydrogen) atoms. The van der Waals surface area contributed by atoms with Gasteiger partial charge in [-0.3, -0.25) is 9.59 Å². The maximum absolute atomic E-state index is 13.0. The van der Waals surface area contributed by atoms with Crippen molar-refractivity contribution >= 4 is 40.2 Å². The van der Waals surface area contributed by atoms with Gasteiger partial charge >= 0.3 is 0 Å². The molecule has 2 aromatic carbocycles. The van der Waals surface area contributed by atoms with E-state index in [1.807, 2.05) is 48.5 Å². The fraction of sp³-hybridized carbons (Fsp3) is 0.300. The van der Waals surface area contributed by atoms with E-state index in [0.717, 1.165) is 47.2 Å². The molecule has 4 nitrogen and oxygen atoms in total. The van der Waals surface area contributed by atoms with Crippen molar-refractivity contribution in [3.05, 3.63) is 59.1 Å². The van der Waals surface area contributed by atoms with Crippen LogP contribution in [0.15, 0.2) is 53.4 Å². The van der Waals surface area contributed by atoms with Crippen LogP contribution in [0, 0.1) is 0 Å². The minimum absolute atomic E-state index is 0.00390. The largest absolute Gasteiger partial charge is 0.339 e. The summed E-state index contributed by atoms with van der Waals surface area (Å²) >= 11 is 7.27. The number of rotatable bonds is 4. The van der Waals surface area contributed by atoms with Crippen LogP contribution in [0.1, 0.15) is 24.8 Å². The van der Waals surface area contributed by atoms with E-state index in [-0.39, 0.29) is 11.1 Å². The summed E-state index contributed by atoms with van der Waals surface area (Å²) in [6.45, 7) is 0. The Hall–Kier alpha value is -1.98. The molecule has 2 amide bonds. The van der Waals surface area contributed by atoms with Crippen molar-refractivity contribution in [2.24, 2.45) is 0 Å². The molecule has 6 heteroatoms. The van der Waals surface area contributed by atoms with Gasteiger partial charge in [0.1, 0.15) is 0 Å². The molecule has 0 spiro atoms. The Bertz CT molecular complexity index is 817. The summed E-state index contributed by atoms with van der Waals surface area (Å²) in [5.74, 6) is -0.00390. The lowest BCUT2D eigenvalue weighted by Crippen LogP contribution is -2.46. The first-order valence-corrected chi connectivity index (χ1v) is 9.67. The molecular weight excluding hydrogens is 368 g/mol. The summed E-state index contributed by atoms with van der Waals surface area (Å²) in [5.41, 5.74) is 1.20. The Morgan fingerprint density at radius 2 is 1.81 bits per heavy atom. The first kappa shape index (κ1) is 18.8. The molecule has 1 aliphatic carbocycles. The van der Waals surface area contributed by atoms with E-state index in [1.165, 1.54) is 4.90 Å². The van der Waals surface area contributed by atoms with Crippen molar-refractivity contribution in [2.45, 2.75) is 29.6 Å². The Balaban J connectivity index is 1.72. The third-order valence-corrected chi connectivity index (χ3v) is 5.98. The maximum atomic E-state index is 13.0. The van der Waals surface area contributed by atoms with E-state index in [4.69, 9.17) is 11.6 Å². The molecule has 0 bridgehead atoms. The molecule has 0 aliphatic heterocycles. The van der Waals surface area contributed by atoms with E-state index in [2.05, 4.69) is 5.32 Å². The van der Waals surface area contributed by atoms with Crippen molar-refractivity contribution in [1.82, 2.24) is 4.90 Å². The average Bonchev–Trinajstić information content (AvgIpc) is 2.55. The smallest absolute Gasteiger partial charge is 0.285 e. The van der Waals surface area contributed by atoms with Gasteiger partial charge in [0.2, 0.25) is 5.91 Å². The molecule has 0 saturated heterocycles. The molecule has 136 valence electrons. The number of hydrogen-bond donors (Lipinski definition) is 1. The van der Waals surface area contributed by atoms with Crippen LogP contribution >= 0.6 is 23.4 Å². The molecule has 0 unspecified atom stereocenters. The van der Waals surface area contributed by atoms with Crippen molar-refractivity contribution in [3.8, 4) is 0 Å². The Labute approximate surface area is 162 Å². The van der Waals surface area contributed by atoms with Gasteiger partial charge in [0.15, 0.2) is 0 Å². The van der Waals surface area contributed by atoms with E-state index in [9.17, 15) is 9.59 Å². The zero-order valence-electron chi connectivity index (χ0n) is 14.8. The van der Waals surface area contributed by atoms with Crippen LogP contribution in [0.3, 0.4) is 0 Å². The fourth-order valence-electron chi connectivity index (χ4n) is 3.01. The molecule has 0 radical (unpaired) electrons. The monoisotopic (exact) mass is 388 g/mol. The summed E-state index contributed by atoms with van der Waals surface area (Å²) in [6.07, 6.45) is 2.68. The van der Waals surface area contributed by atoms with E-state index in [0.29, 0.717) is 5.02 Å². The lowest BCUT2D eigenvalue weighted by atomic mass is 9.64. The number of nitrogens with one attached hydrogen (secondary N) is 1. The van der Waals surface area contributed by atoms with Crippen LogP contribution < -0.4 is 5.32 Å². The van der Waals surface area contributed by atoms with E-state index < -0.39 is 5.41 Å². The van der Waals surface area contributed by atoms with Gasteiger partial charge in [-0.15, -0.1) is 0 Å². The van der Waals surface area contributed by atoms with Crippen LogP contribution in [-0.2, 0) is 10.2 Å². The lowest BCUT2D eigenvalue weighted by Gasteiger charge is -2.40. The number of halogens is 1. The second kappa shape index (κ2) is 7.72. The van der Waals surface area contributed by atoms with Gasteiger partial charge in [-0.25, -0.2) is 0 Å². The summed E-state index contributed by atoms with van der Waals surface area (Å²) in [6, 6.07) is 14.9. The number of hydrogen-bond acceptors (Lipinski definition) is 3. The Morgan fingerprint density at radius 3 is 2.35 bits per heavy atom. The number of benzene rings is 2. The fourth-order valence-corrected chi connectivity index (χ4v) is 3.86. The number of thioether (sulfide) groups is 1. The second-order valence-electron chi connectivity index (χ2n) is 6.69. The number of amides is 2. The van der Waals surface area contributed by atoms with Gasteiger partial charge in [-0.2, -0.15) is 0 Å². The molecule has 1 N–H and O–H groups in total. The van der Waals surface area contributed by atoms with Crippen molar-refractivity contribution in [1.29, 1.82) is 0 Å². The summed E-state index contributed by atoms with van der Waals surface area (Å²) in [7, 11) is 3.44. The highest BCUT2D eigenvalue weighted by Gasteiger charge is 2.45. The number of carbonyl (C=O) groups is 2. The second-order valence-corrected chi connectivity index (χ2v) is 8.15. The van der Waals surface area contributed by atoms with Gasteiger partial charge in [-0.05, 0) is 66.6 Å². The van der Waals surface area contributed by atoms with Crippen LogP contribution in [-0.4, -0.2) is 30.1 Å². The quantitative estimate of drug-likeness (QED) is 0.734. The van der Waals surface area contributed by atoms with Crippen LogP contribution in [0.2, 0.25) is 5.02 Å². The summed E-state index contributed by atoms with van der Waals surface area (Å²) in [5, 5.41) is 3.63. The number of anilines is 1. The van der Waals surface area contributed by atoms with Gasteiger partial charge < -0.3 is 10.2 Å². The number of carbonyl (C=O) groups excluding carboxylic acids is 2. The van der Waals surface area contributed by atoms with Crippen LogP contribution in [0.5, 0.6) is 0 Å². The van der Waals surface area contributed by atoms with Gasteiger partial charge in [0.05, 0.1) is 5.41 Å². The highest BCUT2D eigenvalue weighted by molar-refractivity contribution is 8.13. The molecular formula is C20H21ClN2O2S. The zero-order chi connectivity index (χ0) is 18.7. The average molecular weight is 389 g/mol. The molecule has 1 fully saturated rings. The molecule has 0 atom stereocenters. The first-order valence-electron chi connectivity index (χ1n) is 8.47. The van der Waals surface area contributed by atoms with Crippen molar-refractivity contribution in [3.63, 3.8) is 0 Å². The SMILES string of the molecule is CN(C)C(=O)Sc1ccc(NC(=O)C2(c3cccc(Cl)c3)CCC2)cc1. The van der Waals surface area contributed by atoms with Crippen molar-refractivity contribution in [2.75, 3.05) is 19.4 Å². The standard InChI is InChI=1S/C20H21ClN2O2S/c1-23(2)19(25)26-17-9-7-16(8-10-17)22-18(24)20(11-4-12-20)14-5-3-6-15(21)13-14/h3,5-10,13H,4,11-12H2,1-2H3,(H,22,24). The van der Waals surface area contributed by atoms with Crippen LogP contribution in [0.4, 0.5) is 10.5 Å². The van der Waals surface area contributed by atoms with E-state index in [1.54, 1.807) is 14.1 Å². The Kier molecular flexibility index (Phi) is 5.58. The third kappa shape index (κ3) is 3.89. The normalized spacial score (nSPS) is 15.0. The lowest BCUT2D eigenvalue weighted by molar-refractivity contribution is -0.124. The minimum atomic E-state index is -0.501. The zero-order valence-corrected chi connectivity index (χ0v) is 16.4. The van der Waals surface area contributed by atoms with Crippen LogP contribution in [0.25, 0.3) is 0 Å². The molecule has 3 rings (SSSR count). The molecule has 1 saturated carbocycles. The third-order valence-electron chi connectivity index (χ3n) is 4.70. The molecule has 2 aromatic rings. The van der Waals surface area contributed by atoms with Gasteiger partial charge in [0.25, 0.3) is 5.24 Å². The first-order chi connectivity index (χ1) is 12.4. The predicted octanol–water partition coefficient (Wildman–Crippen LogP) is 5.17. The van der Waals surface area contributed by atoms with E-state index >= 15 is 0 Å². The highest BCUT2D eigenvalue weighted by atomic mass is 35.5.